The first kappa shape index (κ1) is 10.9. The highest BCUT2D eigenvalue weighted by atomic mass is 16.5. The summed E-state index contributed by atoms with van der Waals surface area (Å²) in [6.45, 7) is 1.38. The molecule has 0 unspecified atom stereocenters. The molecule has 0 saturated heterocycles. The summed E-state index contributed by atoms with van der Waals surface area (Å²) in [5.74, 6) is 0.815. The molecule has 2 aromatic heterocycles. The van der Waals surface area contributed by atoms with Crippen molar-refractivity contribution >= 4 is 0 Å². The Morgan fingerprint density at radius 3 is 2.75 bits per heavy atom. The molecule has 0 aliphatic rings. The van der Waals surface area contributed by atoms with Crippen molar-refractivity contribution in [3.05, 3.63) is 53.7 Å². The summed E-state index contributed by atoms with van der Waals surface area (Å²) in [7, 11) is 0. The van der Waals surface area contributed by atoms with Gasteiger partial charge in [-0.15, -0.1) is 0 Å². The molecule has 0 radical (unpaired) electrons. The molecule has 0 bridgehead atoms. The molecule has 0 fully saturated rings. The highest BCUT2D eigenvalue weighted by Gasteiger charge is 1.99. The highest BCUT2D eigenvalue weighted by Crippen LogP contribution is 2.05. The van der Waals surface area contributed by atoms with Crippen molar-refractivity contribution < 1.29 is 9.15 Å². The van der Waals surface area contributed by atoms with E-state index in [0.717, 1.165) is 17.1 Å². The van der Waals surface area contributed by atoms with Crippen LogP contribution in [0.15, 0.2) is 41.0 Å². The minimum absolute atomic E-state index is 0.450. The molecule has 2 aromatic rings. The Bertz CT molecular complexity index is 426. The fourth-order valence-corrected chi connectivity index (χ4v) is 1.37. The third kappa shape index (κ3) is 2.92. The van der Waals surface area contributed by atoms with Crippen LogP contribution in [0.1, 0.15) is 17.1 Å². The number of hydrogen-bond donors (Lipinski definition) is 1. The average Bonchev–Trinajstić information content (AvgIpc) is 2.82. The van der Waals surface area contributed by atoms with E-state index >= 15 is 0 Å². The zero-order chi connectivity index (χ0) is 11.2. The fourth-order valence-electron chi connectivity index (χ4n) is 1.37. The molecule has 2 N–H and O–H groups in total. The summed E-state index contributed by atoms with van der Waals surface area (Å²) in [6.07, 6.45) is 1.63. The predicted molar refractivity (Wildman–Crippen MR) is 59.3 cm³/mol. The predicted octanol–water partition coefficient (Wildman–Crippen LogP) is 1.85. The molecule has 2 heterocycles. The maximum absolute atomic E-state index is 5.51. The summed E-state index contributed by atoms with van der Waals surface area (Å²) >= 11 is 0. The first-order chi connectivity index (χ1) is 7.88. The van der Waals surface area contributed by atoms with Crippen molar-refractivity contribution in [3.8, 4) is 0 Å². The average molecular weight is 218 g/mol. The van der Waals surface area contributed by atoms with Crippen LogP contribution in [0.5, 0.6) is 0 Å². The van der Waals surface area contributed by atoms with E-state index in [-0.39, 0.29) is 0 Å². The Balaban J connectivity index is 1.85. The normalized spacial score (nSPS) is 10.6. The van der Waals surface area contributed by atoms with Gasteiger partial charge in [0.05, 0.1) is 24.3 Å². The van der Waals surface area contributed by atoms with E-state index in [0.29, 0.717) is 19.8 Å². The van der Waals surface area contributed by atoms with Crippen molar-refractivity contribution in [1.29, 1.82) is 0 Å². The van der Waals surface area contributed by atoms with Crippen molar-refractivity contribution in [3.63, 3.8) is 0 Å². The van der Waals surface area contributed by atoms with Crippen molar-refractivity contribution in [1.82, 2.24) is 4.98 Å². The zero-order valence-corrected chi connectivity index (χ0v) is 8.93. The number of nitrogens with two attached hydrogens (primary N) is 1. The lowest BCUT2D eigenvalue weighted by Crippen LogP contribution is -2.03. The topological polar surface area (TPSA) is 61.3 Å². The molecule has 4 nitrogen and oxygen atoms in total. The van der Waals surface area contributed by atoms with E-state index in [1.54, 1.807) is 6.26 Å². The number of aromatic nitrogens is 1. The van der Waals surface area contributed by atoms with E-state index in [1.165, 1.54) is 0 Å². The standard InChI is InChI=1S/C12H14N2O2/c13-7-10-3-1-4-11(14-10)8-15-9-12-5-2-6-16-12/h1-6H,7-9,13H2. The van der Waals surface area contributed by atoms with E-state index < -0.39 is 0 Å². The minimum Gasteiger partial charge on any atom is -0.467 e. The van der Waals surface area contributed by atoms with Gasteiger partial charge in [0.25, 0.3) is 0 Å². The number of rotatable bonds is 5. The third-order valence-corrected chi connectivity index (χ3v) is 2.15. The minimum atomic E-state index is 0.450. The monoisotopic (exact) mass is 218 g/mol. The van der Waals surface area contributed by atoms with E-state index in [4.69, 9.17) is 14.9 Å². The van der Waals surface area contributed by atoms with Gasteiger partial charge in [-0.2, -0.15) is 0 Å². The van der Waals surface area contributed by atoms with Gasteiger partial charge in [0.1, 0.15) is 12.4 Å². The van der Waals surface area contributed by atoms with Crippen LogP contribution in [0.2, 0.25) is 0 Å². The van der Waals surface area contributed by atoms with Crippen molar-refractivity contribution in [2.45, 2.75) is 19.8 Å². The second kappa shape index (κ2) is 5.44. The summed E-state index contributed by atoms with van der Waals surface area (Å²) < 4.78 is 10.6. The lowest BCUT2D eigenvalue weighted by atomic mass is 10.3. The van der Waals surface area contributed by atoms with Crippen LogP contribution in [0.3, 0.4) is 0 Å². The zero-order valence-electron chi connectivity index (χ0n) is 8.93. The molecular formula is C12H14N2O2. The van der Waals surface area contributed by atoms with Gasteiger partial charge < -0.3 is 14.9 Å². The molecule has 2 rings (SSSR count). The van der Waals surface area contributed by atoms with Crippen LogP contribution in [0.25, 0.3) is 0 Å². The Kier molecular flexibility index (Phi) is 3.69. The van der Waals surface area contributed by atoms with Crippen LogP contribution in [-0.4, -0.2) is 4.98 Å². The number of nitrogens with zero attached hydrogens (tertiary/aromatic N) is 1. The summed E-state index contributed by atoms with van der Waals surface area (Å²) in [4.78, 5) is 4.33. The fraction of sp³-hybridized carbons (Fsp3) is 0.250. The van der Waals surface area contributed by atoms with Gasteiger partial charge in [0.2, 0.25) is 0 Å². The molecule has 0 amide bonds. The molecule has 0 aliphatic carbocycles. The van der Waals surface area contributed by atoms with Crippen LogP contribution in [-0.2, 0) is 24.5 Å². The molecule has 0 spiro atoms. The largest absolute Gasteiger partial charge is 0.467 e. The Morgan fingerprint density at radius 1 is 1.12 bits per heavy atom. The molecule has 0 aliphatic heterocycles. The Morgan fingerprint density at radius 2 is 2.00 bits per heavy atom. The number of pyridine rings is 1. The second-order valence-corrected chi connectivity index (χ2v) is 3.40. The lowest BCUT2D eigenvalue weighted by molar-refractivity contribution is 0.0905. The summed E-state index contributed by atoms with van der Waals surface area (Å²) in [5.41, 5.74) is 7.26. The quantitative estimate of drug-likeness (QED) is 0.832. The van der Waals surface area contributed by atoms with Gasteiger partial charge in [0.15, 0.2) is 0 Å². The second-order valence-electron chi connectivity index (χ2n) is 3.40. The van der Waals surface area contributed by atoms with Gasteiger partial charge in [-0.05, 0) is 24.3 Å². The van der Waals surface area contributed by atoms with Crippen LogP contribution < -0.4 is 5.73 Å². The summed E-state index contributed by atoms with van der Waals surface area (Å²) in [6, 6.07) is 9.47. The lowest BCUT2D eigenvalue weighted by Gasteiger charge is -2.03. The first-order valence-corrected chi connectivity index (χ1v) is 5.13. The van der Waals surface area contributed by atoms with E-state index in [2.05, 4.69) is 4.98 Å². The SMILES string of the molecule is NCc1cccc(COCc2ccco2)n1. The highest BCUT2D eigenvalue weighted by molar-refractivity contribution is 5.10. The van der Waals surface area contributed by atoms with Gasteiger partial charge in [-0.25, -0.2) is 0 Å². The number of furan rings is 1. The molecule has 0 atom stereocenters. The summed E-state index contributed by atoms with van der Waals surface area (Å²) in [5, 5.41) is 0. The maximum atomic E-state index is 5.51. The van der Waals surface area contributed by atoms with Gasteiger partial charge >= 0.3 is 0 Å². The first-order valence-electron chi connectivity index (χ1n) is 5.13. The van der Waals surface area contributed by atoms with Crippen molar-refractivity contribution in [2.75, 3.05) is 0 Å². The van der Waals surface area contributed by atoms with Gasteiger partial charge in [0, 0.05) is 6.54 Å². The third-order valence-electron chi connectivity index (χ3n) is 2.15. The molecule has 84 valence electrons. The van der Waals surface area contributed by atoms with Crippen LogP contribution >= 0.6 is 0 Å². The van der Waals surface area contributed by atoms with Crippen LogP contribution in [0.4, 0.5) is 0 Å². The number of hydrogen-bond acceptors (Lipinski definition) is 4. The van der Waals surface area contributed by atoms with Crippen molar-refractivity contribution in [2.24, 2.45) is 5.73 Å². The molecule has 4 heteroatoms. The Labute approximate surface area is 94.1 Å². The Hall–Kier alpha value is -1.65. The van der Waals surface area contributed by atoms with Gasteiger partial charge in [-0.3, -0.25) is 4.98 Å². The van der Waals surface area contributed by atoms with Gasteiger partial charge in [-0.1, -0.05) is 6.07 Å². The molecule has 0 aromatic carbocycles. The van der Waals surface area contributed by atoms with E-state index in [9.17, 15) is 0 Å². The smallest absolute Gasteiger partial charge is 0.129 e. The molecule has 0 saturated carbocycles. The number of ether oxygens (including phenoxy) is 1. The molecular weight excluding hydrogens is 204 g/mol. The molecule has 16 heavy (non-hydrogen) atoms. The van der Waals surface area contributed by atoms with E-state index in [1.807, 2.05) is 30.3 Å². The van der Waals surface area contributed by atoms with Crippen LogP contribution in [0, 0.1) is 0 Å². The maximum Gasteiger partial charge on any atom is 0.129 e.